The van der Waals surface area contributed by atoms with Crippen molar-refractivity contribution < 1.29 is 9.53 Å². The van der Waals surface area contributed by atoms with Crippen LogP contribution in [0.2, 0.25) is 0 Å². The van der Waals surface area contributed by atoms with Gasteiger partial charge in [0.2, 0.25) is 0 Å². The number of hydrogen-bond donors (Lipinski definition) is 2. The molecule has 96 valence electrons. The summed E-state index contributed by atoms with van der Waals surface area (Å²) in [6, 6.07) is 7.22. The quantitative estimate of drug-likeness (QED) is 0.806. The zero-order valence-corrected chi connectivity index (χ0v) is 10.8. The van der Waals surface area contributed by atoms with Crippen molar-refractivity contribution in [3.05, 3.63) is 35.4 Å². The van der Waals surface area contributed by atoms with E-state index >= 15 is 0 Å². The third-order valence-electron chi connectivity index (χ3n) is 2.99. The molecule has 0 aromatic heterocycles. The van der Waals surface area contributed by atoms with Gasteiger partial charge in [-0.3, -0.25) is 4.79 Å². The van der Waals surface area contributed by atoms with E-state index in [1.54, 1.807) is 24.3 Å². The van der Waals surface area contributed by atoms with E-state index in [1.165, 1.54) is 0 Å². The van der Waals surface area contributed by atoms with Gasteiger partial charge in [0.1, 0.15) is 4.99 Å². The highest BCUT2D eigenvalue weighted by atomic mass is 32.1. The van der Waals surface area contributed by atoms with Crippen LogP contribution in [0, 0.1) is 0 Å². The average Bonchev–Trinajstić information content (AvgIpc) is 2.40. The topological polar surface area (TPSA) is 64.4 Å². The highest BCUT2D eigenvalue weighted by molar-refractivity contribution is 7.80. The molecule has 3 N–H and O–H groups in total. The van der Waals surface area contributed by atoms with Crippen LogP contribution in [0.1, 0.15) is 28.8 Å². The number of nitrogens with one attached hydrogen (secondary N) is 1. The number of carbonyl (C=O) groups is 1. The summed E-state index contributed by atoms with van der Waals surface area (Å²) < 4.78 is 5.25. The molecule has 1 heterocycles. The maximum atomic E-state index is 12.0. The summed E-state index contributed by atoms with van der Waals surface area (Å²) in [4.78, 5) is 12.3. The molecule has 0 aliphatic carbocycles. The fourth-order valence-corrected chi connectivity index (χ4v) is 2.03. The number of ether oxygens (including phenoxy) is 1. The second kappa shape index (κ2) is 5.93. The molecule has 0 spiro atoms. The smallest absolute Gasteiger partial charge is 0.251 e. The Morgan fingerprint density at radius 1 is 1.22 bits per heavy atom. The summed E-state index contributed by atoms with van der Waals surface area (Å²) in [7, 11) is 0. The lowest BCUT2D eigenvalue weighted by molar-refractivity contribution is 0.0696. The third-order valence-corrected chi connectivity index (χ3v) is 3.22. The molecule has 1 aromatic rings. The molecule has 0 saturated carbocycles. The zero-order valence-electron chi connectivity index (χ0n) is 10.0. The molecule has 1 aliphatic heterocycles. The van der Waals surface area contributed by atoms with E-state index in [0.29, 0.717) is 23.8 Å². The summed E-state index contributed by atoms with van der Waals surface area (Å²) in [5.74, 6) is -0.0589. The van der Waals surface area contributed by atoms with E-state index in [-0.39, 0.29) is 11.9 Å². The average molecular weight is 264 g/mol. The summed E-state index contributed by atoms with van der Waals surface area (Å²) in [5.41, 5.74) is 6.90. The first-order valence-corrected chi connectivity index (χ1v) is 6.36. The summed E-state index contributed by atoms with van der Waals surface area (Å²) in [6.07, 6.45) is 1.74. The molecule has 5 heteroatoms. The first kappa shape index (κ1) is 13.0. The molecule has 4 nitrogen and oxygen atoms in total. The van der Waals surface area contributed by atoms with Crippen LogP contribution in [-0.2, 0) is 4.74 Å². The maximum absolute atomic E-state index is 12.0. The van der Waals surface area contributed by atoms with Crippen molar-refractivity contribution in [2.75, 3.05) is 13.2 Å². The van der Waals surface area contributed by atoms with Gasteiger partial charge in [0.05, 0.1) is 0 Å². The van der Waals surface area contributed by atoms with Gasteiger partial charge < -0.3 is 15.8 Å². The molecule has 2 rings (SSSR count). The third kappa shape index (κ3) is 3.27. The normalized spacial score (nSPS) is 16.2. The summed E-state index contributed by atoms with van der Waals surface area (Å²) in [6.45, 7) is 1.43. The Labute approximate surface area is 112 Å². The predicted molar refractivity (Wildman–Crippen MR) is 73.6 cm³/mol. The highest BCUT2D eigenvalue weighted by Crippen LogP contribution is 2.09. The number of thiocarbonyl (C=S) groups is 1. The largest absolute Gasteiger partial charge is 0.389 e. The van der Waals surface area contributed by atoms with Crippen molar-refractivity contribution in [3.8, 4) is 0 Å². The molecule has 0 bridgehead atoms. The molecule has 0 unspecified atom stereocenters. The van der Waals surface area contributed by atoms with E-state index in [2.05, 4.69) is 5.32 Å². The van der Waals surface area contributed by atoms with Crippen molar-refractivity contribution in [1.29, 1.82) is 0 Å². The second-order valence-electron chi connectivity index (χ2n) is 4.30. The van der Waals surface area contributed by atoms with Crippen molar-refractivity contribution >= 4 is 23.1 Å². The number of benzene rings is 1. The van der Waals surface area contributed by atoms with E-state index < -0.39 is 0 Å². The lowest BCUT2D eigenvalue weighted by atomic mass is 10.1. The van der Waals surface area contributed by atoms with Gasteiger partial charge in [0.25, 0.3) is 5.91 Å². The van der Waals surface area contributed by atoms with Crippen LogP contribution in [0.25, 0.3) is 0 Å². The van der Waals surface area contributed by atoms with E-state index in [4.69, 9.17) is 22.7 Å². The molecule has 1 fully saturated rings. The maximum Gasteiger partial charge on any atom is 0.251 e. The Balaban J connectivity index is 1.97. The number of rotatable bonds is 3. The van der Waals surface area contributed by atoms with Gasteiger partial charge in [-0.15, -0.1) is 0 Å². The van der Waals surface area contributed by atoms with E-state index in [9.17, 15) is 4.79 Å². The van der Waals surface area contributed by atoms with Crippen molar-refractivity contribution in [1.82, 2.24) is 5.32 Å². The number of nitrogens with two attached hydrogens (primary N) is 1. The van der Waals surface area contributed by atoms with Crippen molar-refractivity contribution in [2.24, 2.45) is 5.73 Å². The molecular weight excluding hydrogens is 248 g/mol. The molecule has 1 saturated heterocycles. The Hall–Kier alpha value is -1.46. The standard InChI is InChI=1S/C13H16N2O2S/c14-12(18)9-1-3-10(4-2-9)13(16)15-11-5-7-17-8-6-11/h1-4,11H,5-8H2,(H2,14,18)(H,15,16). The Morgan fingerprint density at radius 2 is 1.78 bits per heavy atom. The van der Waals surface area contributed by atoms with Gasteiger partial charge in [0.15, 0.2) is 0 Å². The number of carbonyl (C=O) groups excluding carboxylic acids is 1. The summed E-state index contributed by atoms with van der Waals surface area (Å²) >= 11 is 4.87. The van der Waals surface area contributed by atoms with Crippen LogP contribution in [-0.4, -0.2) is 30.2 Å². The van der Waals surface area contributed by atoms with Gasteiger partial charge in [-0.2, -0.15) is 0 Å². The fourth-order valence-electron chi connectivity index (χ4n) is 1.90. The van der Waals surface area contributed by atoms with Crippen molar-refractivity contribution in [3.63, 3.8) is 0 Å². The minimum atomic E-state index is -0.0589. The minimum Gasteiger partial charge on any atom is -0.389 e. The lowest BCUT2D eigenvalue weighted by Gasteiger charge is -2.23. The molecule has 1 aromatic carbocycles. The number of hydrogen-bond acceptors (Lipinski definition) is 3. The molecule has 0 atom stereocenters. The first-order valence-electron chi connectivity index (χ1n) is 5.95. The summed E-state index contributed by atoms with van der Waals surface area (Å²) in [5, 5.41) is 3.00. The molecule has 1 amide bonds. The number of amides is 1. The lowest BCUT2D eigenvalue weighted by Crippen LogP contribution is -2.38. The van der Waals surface area contributed by atoms with Gasteiger partial charge in [0, 0.05) is 30.4 Å². The molecule has 1 aliphatic rings. The first-order chi connectivity index (χ1) is 8.66. The fraction of sp³-hybridized carbons (Fsp3) is 0.385. The van der Waals surface area contributed by atoms with Crippen LogP contribution in [0.4, 0.5) is 0 Å². The predicted octanol–water partition coefficient (Wildman–Crippen LogP) is 1.23. The Bertz CT molecular complexity index is 439. The second-order valence-corrected chi connectivity index (χ2v) is 4.74. The Morgan fingerprint density at radius 3 is 2.33 bits per heavy atom. The van der Waals surface area contributed by atoms with E-state index in [1.807, 2.05) is 0 Å². The van der Waals surface area contributed by atoms with Gasteiger partial charge in [-0.25, -0.2) is 0 Å². The minimum absolute atomic E-state index is 0.0589. The van der Waals surface area contributed by atoms with E-state index in [0.717, 1.165) is 18.4 Å². The monoisotopic (exact) mass is 264 g/mol. The van der Waals surface area contributed by atoms with Crippen LogP contribution in [0.5, 0.6) is 0 Å². The van der Waals surface area contributed by atoms with Crippen LogP contribution >= 0.6 is 12.2 Å². The van der Waals surface area contributed by atoms with Crippen LogP contribution < -0.4 is 11.1 Å². The molecule has 18 heavy (non-hydrogen) atoms. The van der Waals surface area contributed by atoms with Crippen molar-refractivity contribution in [2.45, 2.75) is 18.9 Å². The highest BCUT2D eigenvalue weighted by Gasteiger charge is 2.16. The molecule has 0 radical (unpaired) electrons. The van der Waals surface area contributed by atoms with Gasteiger partial charge >= 0.3 is 0 Å². The SMILES string of the molecule is NC(=S)c1ccc(C(=O)NC2CCOCC2)cc1. The Kier molecular flexibility index (Phi) is 4.28. The zero-order chi connectivity index (χ0) is 13.0. The van der Waals surface area contributed by atoms with Crippen LogP contribution in [0.15, 0.2) is 24.3 Å². The molecular formula is C13H16N2O2S. The van der Waals surface area contributed by atoms with Crippen LogP contribution in [0.3, 0.4) is 0 Å². The van der Waals surface area contributed by atoms with Gasteiger partial charge in [-0.05, 0) is 25.0 Å². The van der Waals surface area contributed by atoms with Gasteiger partial charge in [-0.1, -0.05) is 24.4 Å².